The van der Waals surface area contributed by atoms with Gasteiger partial charge in [0.05, 0.1) is 5.54 Å². The van der Waals surface area contributed by atoms with Crippen LogP contribution < -0.4 is 10.2 Å². The third-order valence-corrected chi connectivity index (χ3v) is 8.42. The van der Waals surface area contributed by atoms with E-state index in [9.17, 15) is 0 Å². The normalized spacial score (nSPS) is 37.4. The van der Waals surface area contributed by atoms with E-state index in [4.69, 9.17) is 0 Å². The van der Waals surface area contributed by atoms with Gasteiger partial charge in [0.2, 0.25) is 0 Å². The van der Waals surface area contributed by atoms with Crippen molar-refractivity contribution in [1.29, 1.82) is 0 Å². The molecule has 2 unspecified atom stereocenters. The van der Waals surface area contributed by atoms with Crippen molar-refractivity contribution in [2.24, 2.45) is 11.8 Å². The van der Waals surface area contributed by atoms with Gasteiger partial charge in [-0.15, -0.1) is 21.5 Å². The largest absolute Gasteiger partial charge is 0.348 e. The zero-order chi connectivity index (χ0) is 17.9. The highest BCUT2D eigenvalue weighted by atomic mass is 32.1. The summed E-state index contributed by atoms with van der Waals surface area (Å²) in [5.74, 6) is 1.60. The summed E-state index contributed by atoms with van der Waals surface area (Å²) in [6.45, 7) is 3.27. The van der Waals surface area contributed by atoms with Gasteiger partial charge in [-0.25, -0.2) is 4.98 Å². The van der Waals surface area contributed by atoms with Gasteiger partial charge < -0.3 is 10.2 Å². The van der Waals surface area contributed by atoms with E-state index in [-0.39, 0.29) is 11.1 Å². The Bertz CT molecular complexity index is 796. The summed E-state index contributed by atoms with van der Waals surface area (Å²) in [5, 5.41) is 18.0. The van der Waals surface area contributed by atoms with Gasteiger partial charge in [0.1, 0.15) is 0 Å². The molecule has 4 bridgehead atoms. The molecule has 0 radical (unpaired) electrons. The van der Waals surface area contributed by atoms with Crippen LogP contribution in [0.2, 0.25) is 0 Å². The minimum absolute atomic E-state index is 0.0853. The van der Waals surface area contributed by atoms with Gasteiger partial charge in [-0.05, 0) is 68.4 Å². The van der Waals surface area contributed by atoms with E-state index in [1.54, 1.807) is 6.33 Å². The van der Waals surface area contributed by atoms with Crippen LogP contribution in [0.4, 0.5) is 5.13 Å². The maximum absolute atomic E-state index is 4.69. The fourth-order valence-electron chi connectivity index (χ4n) is 6.75. The Kier molecular flexibility index (Phi) is 3.63. The van der Waals surface area contributed by atoms with Gasteiger partial charge >= 0.3 is 0 Å². The summed E-state index contributed by atoms with van der Waals surface area (Å²) < 4.78 is 0. The monoisotopic (exact) mass is 385 g/mol. The van der Waals surface area contributed by atoms with Crippen LogP contribution in [0.25, 0.3) is 0 Å². The van der Waals surface area contributed by atoms with Crippen LogP contribution in [0, 0.1) is 11.8 Å². The van der Waals surface area contributed by atoms with E-state index in [2.05, 4.69) is 36.8 Å². The molecule has 4 aliphatic carbocycles. The van der Waals surface area contributed by atoms with E-state index < -0.39 is 0 Å². The average Bonchev–Trinajstić information content (AvgIpc) is 3.41. The molecule has 144 valence electrons. The van der Waals surface area contributed by atoms with Gasteiger partial charge in [0.25, 0.3) is 0 Å². The van der Waals surface area contributed by atoms with Gasteiger partial charge in [-0.3, -0.25) is 0 Å². The van der Waals surface area contributed by atoms with Gasteiger partial charge in [0.15, 0.2) is 11.5 Å². The first kappa shape index (κ1) is 16.4. The van der Waals surface area contributed by atoms with Crippen LogP contribution >= 0.6 is 11.3 Å². The molecule has 5 aliphatic rings. The summed E-state index contributed by atoms with van der Waals surface area (Å²) in [6.07, 6.45) is 13.9. The highest BCUT2D eigenvalue weighted by Gasteiger charge is 2.59. The lowest BCUT2D eigenvalue weighted by Gasteiger charge is -2.61. The first-order chi connectivity index (χ1) is 13.2. The fraction of sp³-hybridized carbons (Fsp3) is 0.789. The summed E-state index contributed by atoms with van der Waals surface area (Å²) in [7, 11) is 0. The highest BCUT2D eigenvalue weighted by Crippen LogP contribution is 2.60. The first-order valence-electron chi connectivity index (χ1n) is 10.4. The van der Waals surface area contributed by atoms with Crippen LogP contribution in [-0.4, -0.2) is 43.8 Å². The molecular weight excluding hydrogens is 358 g/mol. The second kappa shape index (κ2) is 5.98. The van der Waals surface area contributed by atoms with Crippen molar-refractivity contribution < 1.29 is 0 Å². The van der Waals surface area contributed by atoms with Crippen molar-refractivity contribution in [3.8, 4) is 0 Å². The molecule has 0 aromatic carbocycles. The molecule has 3 heterocycles. The van der Waals surface area contributed by atoms with Crippen molar-refractivity contribution in [1.82, 2.24) is 30.5 Å². The van der Waals surface area contributed by atoms with Crippen molar-refractivity contribution >= 4 is 16.5 Å². The van der Waals surface area contributed by atoms with Crippen LogP contribution in [0.5, 0.6) is 0 Å². The van der Waals surface area contributed by atoms with Crippen LogP contribution in [0.15, 0.2) is 12.5 Å². The third-order valence-electron chi connectivity index (χ3n) is 7.36. The topological polar surface area (TPSA) is 71.8 Å². The number of anilines is 1. The van der Waals surface area contributed by atoms with E-state index in [0.717, 1.165) is 24.8 Å². The first-order valence-corrected chi connectivity index (χ1v) is 11.2. The summed E-state index contributed by atoms with van der Waals surface area (Å²) in [4.78, 5) is 10.4. The van der Waals surface area contributed by atoms with Crippen molar-refractivity contribution in [3.05, 3.63) is 17.4 Å². The molecule has 0 amide bonds. The maximum atomic E-state index is 4.69. The van der Waals surface area contributed by atoms with Crippen molar-refractivity contribution in [2.75, 3.05) is 18.0 Å². The smallest absolute Gasteiger partial charge is 0.185 e. The van der Waals surface area contributed by atoms with Crippen molar-refractivity contribution in [3.63, 3.8) is 0 Å². The SMILES string of the molecule is c1nnn(C23CC4CC(CC(NCc5cnc(N6CCCC6)s5)(C4)C2)C3)n1. The van der Waals surface area contributed by atoms with Crippen LogP contribution in [0.3, 0.4) is 0 Å². The molecule has 2 aromatic rings. The van der Waals surface area contributed by atoms with Gasteiger partial charge in [0, 0.05) is 36.2 Å². The average molecular weight is 386 g/mol. The Morgan fingerprint density at radius 1 is 1.15 bits per heavy atom. The second-order valence-electron chi connectivity index (χ2n) is 9.35. The molecule has 2 aromatic heterocycles. The summed E-state index contributed by atoms with van der Waals surface area (Å²) in [5.41, 5.74) is 0.317. The van der Waals surface area contributed by atoms with E-state index in [1.807, 2.05) is 16.1 Å². The third kappa shape index (κ3) is 2.71. The lowest BCUT2D eigenvalue weighted by Crippen LogP contribution is -2.65. The second-order valence-corrected chi connectivity index (χ2v) is 10.4. The minimum atomic E-state index is 0.0853. The maximum Gasteiger partial charge on any atom is 0.185 e. The predicted octanol–water partition coefficient (Wildman–Crippen LogP) is 2.57. The van der Waals surface area contributed by atoms with E-state index in [1.165, 1.54) is 68.0 Å². The summed E-state index contributed by atoms with van der Waals surface area (Å²) >= 11 is 1.87. The summed E-state index contributed by atoms with van der Waals surface area (Å²) in [6, 6.07) is 0. The number of aromatic nitrogens is 5. The zero-order valence-corrected chi connectivity index (χ0v) is 16.5. The number of tetrazole rings is 1. The predicted molar refractivity (Wildman–Crippen MR) is 104 cm³/mol. The molecule has 27 heavy (non-hydrogen) atoms. The quantitative estimate of drug-likeness (QED) is 0.853. The van der Waals surface area contributed by atoms with E-state index >= 15 is 0 Å². The molecule has 1 aliphatic heterocycles. The van der Waals surface area contributed by atoms with Crippen molar-refractivity contribution in [2.45, 2.75) is 69.0 Å². The Morgan fingerprint density at radius 3 is 2.70 bits per heavy atom. The molecule has 5 fully saturated rings. The van der Waals surface area contributed by atoms with Gasteiger partial charge in [-0.2, -0.15) is 4.80 Å². The highest BCUT2D eigenvalue weighted by molar-refractivity contribution is 7.15. The lowest BCUT2D eigenvalue weighted by atomic mass is 9.50. The molecule has 2 atom stereocenters. The molecule has 0 spiro atoms. The van der Waals surface area contributed by atoms with Crippen LogP contribution in [0.1, 0.15) is 56.2 Å². The molecule has 8 heteroatoms. The number of nitrogens with zero attached hydrogens (tertiary/aromatic N) is 6. The number of hydrogen-bond acceptors (Lipinski definition) is 7. The Balaban J connectivity index is 1.21. The number of nitrogens with one attached hydrogen (secondary N) is 1. The number of thiazole rings is 1. The number of rotatable bonds is 5. The number of hydrogen-bond donors (Lipinski definition) is 1. The van der Waals surface area contributed by atoms with E-state index in [0.29, 0.717) is 0 Å². The Morgan fingerprint density at radius 2 is 1.96 bits per heavy atom. The van der Waals surface area contributed by atoms with Gasteiger partial charge in [-0.1, -0.05) is 0 Å². The Labute approximate surface area is 163 Å². The molecule has 1 N–H and O–H groups in total. The minimum Gasteiger partial charge on any atom is -0.348 e. The molecule has 7 nitrogen and oxygen atoms in total. The van der Waals surface area contributed by atoms with Crippen LogP contribution in [-0.2, 0) is 12.1 Å². The molecule has 1 saturated heterocycles. The molecule has 7 rings (SSSR count). The molecule has 4 saturated carbocycles. The Hall–Kier alpha value is -1.54. The standard InChI is InChI=1S/C19H27N7S/c1-2-4-25(3-1)17-20-10-16(27-17)11-21-18-6-14-5-15(7-18)9-19(8-14,12-18)26-23-13-22-24-26/h10,13-15,21H,1-9,11-12H2. The molecular formula is C19H27N7S. The zero-order valence-electron chi connectivity index (χ0n) is 15.7. The fourth-order valence-corrected chi connectivity index (χ4v) is 7.65. The lowest BCUT2D eigenvalue weighted by molar-refractivity contribution is -0.0853.